The Balaban J connectivity index is 1.35. The van der Waals surface area contributed by atoms with Crippen molar-refractivity contribution in [1.82, 2.24) is 0 Å². The zero-order valence-electron chi connectivity index (χ0n) is 22.1. The Morgan fingerprint density at radius 3 is 2.71 bits per heavy atom. The van der Waals surface area contributed by atoms with Gasteiger partial charge < -0.3 is 14.2 Å². The lowest BCUT2D eigenvalue weighted by Gasteiger charge is -2.29. The van der Waals surface area contributed by atoms with Gasteiger partial charge in [0, 0.05) is 18.9 Å². The minimum Gasteiger partial charge on any atom is -0.468 e. The Morgan fingerprint density at radius 1 is 1.14 bits per heavy atom. The second kappa shape index (κ2) is 12.7. The summed E-state index contributed by atoms with van der Waals surface area (Å²) in [5.74, 6) is 1.50. The van der Waals surface area contributed by atoms with E-state index < -0.39 is 5.92 Å². The minimum atomic E-state index is -0.594. The number of allylic oxidation sites excluding steroid dienone is 3. The maximum Gasteiger partial charge on any atom is 0.316 e. The summed E-state index contributed by atoms with van der Waals surface area (Å²) in [6, 6.07) is 0. The molecule has 3 saturated carbocycles. The first-order valence-electron chi connectivity index (χ1n) is 14.2. The number of carbonyl (C=O) groups excluding carboxylic acids is 2. The van der Waals surface area contributed by atoms with Crippen LogP contribution >= 0.6 is 0 Å². The van der Waals surface area contributed by atoms with E-state index in [1.165, 1.54) is 25.5 Å². The van der Waals surface area contributed by atoms with Gasteiger partial charge in [0.15, 0.2) is 12.1 Å². The fourth-order valence-electron chi connectivity index (χ4n) is 7.47. The molecular weight excluding hydrogens is 440 g/mol. The lowest BCUT2D eigenvalue weighted by molar-refractivity contribution is -0.193. The van der Waals surface area contributed by atoms with Crippen molar-refractivity contribution in [2.24, 2.45) is 35.5 Å². The maximum atomic E-state index is 13.2. The molecule has 1 aliphatic heterocycles. The summed E-state index contributed by atoms with van der Waals surface area (Å²) >= 11 is 0. The van der Waals surface area contributed by atoms with Gasteiger partial charge in [-0.25, -0.2) is 0 Å². The third kappa shape index (κ3) is 6.46. The highest BCUT2D eigenvalue weighted by Crippen LogP contribution is 2.52. The van der Waals surface area contributed by atoms with E-state index in [4.69, 9.17) is 14.2 Å². The van der Waals surface area contributed by atoms with Gasteiger partial charge in [-0.2, -0.15) is 0 Å². The lowest BCUT2D eigenvalue weighted by atomic mass is 9.84. The molecule has 0 amide bonds. The Hall–Kier alpha value is -1.46. The van der Waals surface area contributed by atoms with E-state index in [1.807, 2.05) is 0 Å². The van der Waals surface area contributed by atoms with Crippen LogP contribution in [0.4, 0.5) is 0 Å². The largest absolute Gasteiger partial charge is 0.468 e. The average molecular weight is 487 g/mol. The highest BCUT2D eigenvalue weighted by atomic mass is 16.7. The number of Topliss-reactive ketones (excluding diaryl/α,β-unsaturated/α-hetero) is 1. The van der Waals surface area contributed by atoms with Crippen LogP contribution in [0.3, 0.4) is 0 Å². The number of carbonyl (C=O) groups is 2. The predicted molar refractivity (Wildman–Crippen MR) is 137 cm³/mol. The van der Waals surface area contributed by atoms with Crippen LogP contribution in [-0.4, -0.2) is 37.9 Å². The van der Waals surface area contributed by atoms with Gasteiger partial charge in [0.1, 0.15) is 5.92 Å². The van der Waals surface area contributed by atoms with Gasteiger partial charge in [-0.1, -0.05) is 50.0 Å². The van der Waals surface area contributed by atoms with Gasteiger partial charge in [0.05, 0.1) is 13.2 Å². The molecule has 0 bridgehead atoms. The molecule has 3 aliphatic carbocycles. The van der Waals surface area contributed by atoms with Crippen molar-refractivity contribution in [3.05, 3.63) is 23.8 Å². The molecule has 0 radical (unpaired) electrons. The number of hydrogen-bond donors (Lipinski definition) is 0. The zero-order chi connectivity index (χ0) is 24.8. The Kier molecular flexibility index (Phi) is 9.63. The number of ether oxygens (including phenoxy) is 3. The monoisotopic (exact) mass is 486 g/mol. The summed E-state index contributed by atoms with van der Waals surface area (Å²) in [6.07, 6.45) is 19.1. The number of esters is 1. The van der Waals surface area contributed by atoms with Crippen molar-refractivity contribution >= 4 is 11.8 Å². The first-order valence-corrected chi connectivity index (χ1v) is 14.2. The van der Waals surface area contributed by atoms with E-state index in [-0.39, 0.29) is 30.1 Å². The average Bonchev–Trinajstić information content (AvgIpc) is 3.55. The molecule has 35 heavy (non-hydrogen) atoms. The Morgan fingerprint density at radius 2 is 2.00 bits per heavy atom. The minimum absolute atomic E-state index is 0.0456. The molecule has 1 saturated heterocycles. The van der Waals surface area contributed by atoms with E-state index in [9.17, 15) is 9.59 Å². The van der Waals surface area contributed by atoms with Crippen LogP contribution in [0.2, 0.25) is 0 Å². The molecule has 8 atom stereocenters. The SMILES string of the molecule is CC=C[C@@H]1[C@H]2CC(=CCC(=O)C(C(=O)OC)C3CCC(CCC)C3)C[C@@H]2C[C@H]1OC1CCCCO1. The Labute approximate surface area is 212 Å². The molecule has 1 heterocycles. The van der Waals surface area contributed by atoms with Crippen LogP contribution in [0.1, 0.15) is 90.9 Å². The van der Waals surface area contributed by atoms with Crippen molar-refractivity contribution in [3.8, 4) is 0 Å². The van der Waals surface area contributed by atoms with Gasteiger partial charge in [0.25, 0.3) is 0 Å². The molecule has 196 valence electrons. The van der Waals surface area contributed by atoms with Crippen LogP contribution in [0.5, 0.6) is 0 Å². The van der Waals surface area contributed by atoms with Crippen LogP contribution < -0.4 is 0 Å². The summed E-state index contributed by atoms with van der Waals surface area (Å²) in [5.41, 5.74) is 1.38. The van der Waals surface area contributed by atoms with Crippen molar-refractivity contribution in [1.29, 1.82) is 0 Å². The van der Waals surface area contributed by atoms with Gasteiger partial charge in [-0.05, 0) is 82.0 Å². The predicted octanol–water partition coefficient (Wildman–Crippen LogP) is 6.41. The van der Waals surface area contributed by atoms with Crippen LogP contribution in [-0.2, 0) is 23.8 Å². The van der Waals surface area contributed by atoms with Crippen molar-refractivity contribution < 1.29 is 23.8 Å². The molecule has 5 heteroatoms. The fourth-order valence-corrected chi connectivity index (χ4v) is 7.47. The van der Waals surface area contributed by atoms with E-state index in [2.05, 4.69) is 32.1 Å². The first kappa shape index (κ1) is 26.6. The molecule has 4 rings (SSSR count). The quantitative estimate of drug-likeness (QED) is 0.203. The standard InChI is InChI=1S/C30H46O5/c1-4-8-20-11-13-22(16-20)29(30(32)33-3)26(31)14-12-21-17-23-19-27(24(9-5-2)25(23)18-21)35-28-10-6-7-15-34-28/h5,9,12,20,22-25,27-29H,4,6-8,10-11,13-19H2,1-3H3/t20?,22?,23-,24-,25+,27-,28?,29?/m1/s1. The number of hydrogen-bond acceptors (Lipinski definition) is 5. The van der Waals surface area contributed by atoms with Crippen molar-refractivity contribution in [2.75, 3.05) is 13.7 Å². The number of methoxy groups -OCH3 is 1. The zero-order valence-corrected chi connectivity index (χ0v) is 22.1. The van der Waals surface area contributed by atoms with Gasteiger partial charge in [-0.15, -0.1) is 0 Å². The molecule has 4 unspecified atom stereocenters. The highest BCUT2D eigenvalue weighted by Gasteiger charge is 2.47. The molecular formula is C30H46O5. The smallest absolute Gasteiger partial charge is 0.316 e. The Bertz CT molecular complexity index is 780. The van der Waals surface area contributed by atoms with E-state index in [0.29, 0.717) is 30.1 Å². The second-order valence-corrected chi connectivity index (χ2v) is 11.4. The van der Waals surface area contributed by atoms with Crippen LogP contribution in [0, 0.1) is 35.5 Å². The highest BCUT2D eigenvalue weighted by molar-refractivity contribution is 6.00. The molecule has 0 aromatic rings. The van der Waals surface area contributed by atoms with E-state index >= 15 is 0 Å². The van der Waals surface area contributed by atoms with Gasteiger partial charge >= 0.3 is 5.97 Å². The third-order valence-electron chi connectivity index (χ3n) is 9.11. The summed E-state index contributed by atoms with van der Waals surface area (Å²) < 4.78 is 17.4. The van der Waals surface area contributed by atoms with Gasteiger partial charge in [-0.3, -0.25) is 9.59 Å². The van der Waals surface area contributed by atoms with Gasteiger partial charge in [0.2, 0.25) is 0 Å². The van der Waals surface area contributed by atoms with Crippen LogP contribution in [0.25, 0.3) is 0 Å². The number of fused-ring (bicyclic) bond motifs is 1. The molecule has 5 nitrogen and oxygen atoms in total. The molecule has 4 fully saturated rings. The molecule has 0 N–H and O–H groups in total. The lowest BCUT2D eigenvalue weighted by Crippen LogP contribution is -2.31. The van der Waals surface area contributed by atoms with E-state index in [0.717, 1.165) is 64.4 Å². The van der Waals surface area contributed by atoms with Crippen LogP contribution in [0.15, 0.2) is 23.8 Å². The summed E-state index contributed by atoms with van der Waals surface area (Å²) in [4.78, 5) is 25.8. The topological polar surface area (TPSA) is 61.8 Å². The third-order valence-corrected chi connectivity index (χ3v) is 9.11. The molecule has 4 aliphatic rings. The summed E-state index contributed by atoms with van der Waals surface area (Å²) in [7, 11) is 1.41. The summed E-state index contributed by atoms with van der Waals surface area (Å²) in [5, 5.41) is 0. The van der Waals surface area contributed by atoms with E-state index in [1.54, 1.807) is 0 Å². The molecule has 0 aromatic heterocycles. The maximum absolute atomic E-state index is 13.2. The first-order chi connectivity index (χ1) is 17.0. The number of rotatable bonds is 10. The van der Waals surface area contributed by atoms with Crippen molar-refractivity contribution in [3.63, 3.8) is 0 Å². The second-order valence-electron chi connectivity index (χ2n) is 11.4. The molecule has 0 spiro atoms. The fraction of sp³-hybridized carbons (Fsp3) is 0.800. The number of ketones is 1. The molecule has 0 aromatic carbocycles. The summed E-state index contributed by atoms with van der Waals surface area (Å²) in [6.45, 7) is 5.11. The van der Waals surface area contributed by atoms with Crippen molar-refractivity contribution in [2.45, 2.75) is 103 Å². The normalized spacial score (nSPS) is 37.1.